The van der Waals surface area contributed by atoms with Gasteiger partial charge in [0.05, 0.1) is 11.1 Å². The molecule has 0 spiro atoms. The molecule has 0 saturated carbocycles. The fraction of sp³-hybridized carbons (Fsp3) is 0. The third-order valence-electron chi connectivity index (χ3n) is 2.07. The Kier molecular flexibility index (Phi) is 1.84. The summed E-state index contributed by atoms with van der Waals surface area (Å²) in [5.74, 6) is -4.67. The van der Waals surface area contributed by atoms with Crippen LogP contribution in [0.2, 0.25) is 0 Å². The van der Waals surface area contributed by atoms with Gasteiger partial charge >= 0.3 is 17.9 Å². The summed E-state index contributed by atoms with van der Waals surface area (Å²) in [6.07, 6.45) is 0. The van der Waals surface area contributed by atoms with Crippen molar-refractivity contribution in [1.82, 2.24) is 0 Å². The van der Waals surface area contributed by atoms with E-state index >= 15 is 0 Å². The molecule has 2 rings (SSSR count). The lowest BCUT2D eigenvalue weighted by Crippen LogP contribution is -2.13. The first-order valence-corrected chi connectivity index (χ1v) is 4.02. The minimum Gasteiger partial charge on any atom is -0.478 e. The number of aromatic carboxylic acids is 3. The van der Waals surface area contributed by atoms with Gasteiger partial charge in [0.25, 0.3) is 0 Å². The van der Waals surface area contributed by atoms with Gasteiger partial charge in [0.15, 0.2) is 11.5 Å². The molecule has 0 unspecified atom stereocenters. The Morgan fingerprint density at radius 3 is 1.94 bits per heavy atom. The largest absolute Gasteiger partial charge is 0.478 e. The maximum absolute atomic E-state index is 10.8. The van der Waals surface area contributed by atoms with Crippen molar-refractivity contribution >= 4 is 17.9 Å². The van der Waals surface area contributed by atoms with Gasteiger partial charge in [-0.15, -0.1) is 0 Å². The molecular weight excluding hydrogens is 220 g/mol. The highest BCUT2D eigenvalue weighted by molar-refractivity contribution is 6.12. The SMILES string of the molecule is O=C(O)c1cc2c(c(C(=O)O)c1C(=O)O)O2. The van der Waals surface area contributed by atoms with Crippen LogP contribution in [0.4, 0.5) is 0 Å². The quantitative estimate of drug-likeness (QED) is 0.661. The minimum atomic E-state index is -1.62. The number of ether oxygens (including phenoxy) is 1. The first kappa shape index (κ1) is 9.97. The van der Waals surface area contributed by atoms with Gasteiger partial charge in [-0.2, -0.15) is 0 Å². The standard InChI is InChI=1S/C9H4O7/c10-7(11)2-1-3-6(16-3)5(9(14)15)4(2)8(12)13/h1H,(H,10,11)(H,12,13)(H,14,15). The van der Waals surface area contributed by atoms with Crippen molar-refractivity contribution in [2.24, 2.45) is 0 Å². The predicted molar refractivity (Wildman–Crippen MR) is 47.4 cm³/mol. The Morgan fingerprint density at radius 1 is 0.938 bits per heavy atom. The van der Waals surface area contributed by atoms with E-state index in [9.17, 15) is 14.4 Å². The second-order valence-corrected chi connectivity index (χ2v) is 3.02. The normalized spacial score (nSPS) is 11.2. The van der Waals surface area contributed by atoms with Crippen LogP contribution in [0.25, 0.3) is 0 Å². The molecule has 1 aliphatic rings. The molecule has 0 bridgehead atoms. The van der Waals surface area contributed by atoms with E-state index < -0.39 is 34.6 Å². The summed E-state index contributed by atoms with van der Waals surface area (Å²) in [4.78, 5) is 32.4. The number of rotatable bonds is 3. The third-order valence-corrected chi connectivity index (χ3v) is 2.07. The summed E-state index contributed by atoms with van der Waals surface area (Å²) in [7, 11) is 0. The lowest BCUT2D eigenvalue weighted by atomic mass is 10.0. The smallest absolute Gasteiger partial charge is 0.340 e. The van der Waals surface area contributed by atoms with E-state index in [-0.39, 0.29) is 11.5 Å². The van der Waals surface area contributed by atoms with Crippen molar-refractivity contribution < 1.29 is 34.4 Å². The van der Waals surface area contributed by atoms with Crippen molar-refractivity contribution in [1.29, 1.82) is 0 Å². The van der Waals surface area contributed by atoms with Crippen LogP contribution in [-0.4, -0.2) is 33.2 Å². The molecule has 1 aromatic rings. The predicted octanol–water partition coefficient (Wildman–Crippen LogP) is 0.887. The Balaban J connectivity index is 2.79. The fourth-order valence-electron chi connectivity index (χ4n) is 1.40. The molecule has 0 fully saturated rings. The van der Waals surface area contributed by atoms with Gasteiger partial charge in [-0.1, -0.05) is 0 Å². The number of benzene rings is 1. The van der Waals surface area contributed by atoms with Crippen molar-refractivity contribution in [2.45, 2.75) is 0 Å². The molecule has 1 heterocycles. The molecule has 7 heteroatoms. The molecular formula is C9H4O7. The highest BCUT2D eigenvalue weighted by Gasteiger charge is 2.37. The van der Waals surface area contributed by atoms with Crippen LogP contribution in [-0.2, 0) is 0 Å². The van der Waals surface area contributed by atoms with Crippen LogP contribution in [0.3, 0.4) is 0 Å². The molecule has 16 heavy (non-hydrogen) atoms. The molecule has 1 aromatic carbocycles. The molecule has 0 atom stereocenters. The van der Waals surface area contributed by atoms with Gasteiger partial charge < -0.3 is 20.1 Å². The minimum absolute atomic E-state index is 0.0831. The van der Waals surface area contributed by atoms with Crippen LogP contribution < -0.4 is 4.74 Å². The Morgan fingerprint density at radius 2 is 1.50 bits per heavy atom. The molecule has 0 aromatic heterocycles. The first-order valence-electron chi connectivity index (χ1n) is 4.02. The van der Waals surface area contributed by atoms with Gasteiger partial charge in [-0.25, -0.2) is 14.4 Å². The van der Waals surface area contributed by atoms with E-state index in [4.69, 9.17) is 20.1 Å². The zero-order chi connectivity index (χ0) is 12.0. The van der Waals surface area contributed by atoms with Crippen LogP contribution in [0.15, 0.2) is 6.07 Å². The number of hydrogen-bond donors (Lipinski definition) is 3. The molecule has 0 aliphatic carbocycles. The van der Waals surface area contributed by atoms with Crippen LogP contribution >= 0.6 is 0 Å². The lowest BCUT2D eigenvalue weighted by molar-refractivity contribution is 0.0633. The molecule has 3 N–H and O–H groups in total. The van der Waals surface area contributed by atoms with Crippen LogP contribution in [0, 0.1) is 0 Å². The van der Waals surface area contributed by atoms with E-state index in [2.05, 4.69) is 0 Å². The number of carbonyl (C=O) groups is 3. The Labute approximate surface area is 87.5 Å². The average Bonchev–Trinajstić information content (AvgIpc) is 2.91. The summed E-state index contributed by atoms with van der Waals surface area (Å²) in [6, 6.07) is 0.994. The maximum Gasteiger partial charge on any atom is 0.340 e. The number of carboxylic acids is 3. The summed E-state index contributed by atoms with van der Waals surface area (Å²) >= 11 is 0. The summed E-state index contributed by atoms with van der Waals surface area (Å²) in [6.45, 7) is 0. The van der Waals surface area contributed by atoms with Crippen molar-refractivity contribution in [3.8, 4) is 11.5 Å². The Bertz CT molecular complexity index is 543. The average molecular weight is 224 g/mol. The lowest BCUT2D eigenvalue weighted by Gasteiger charge is -2.01. The molecule has 0 saturated heterocycles. The Hall–Kier alpha value is -2.57. The van der Waals surface area contributed by atoms with Crippen LogP contribution in [0.1, 0.15) is 31.1 Å². The van der Waals surface area contributed by atoms with Gasteiger partial charge in [-0.05, 0) is 0 Å². The zero-order valence-corrected chi connectivity index (χ0v) is 7.55. The summed E-state index contributed by atoms with van der Waals surface area (Å²) < 4.78 is 4.70. The third kappa shape index (κ3) is 1.26. The first-order chi connectivity index (χ1) is 7.43. The van der Waals surface area contributed by atoms with Gasteiger partial charge in [0, 0.05) is 6.07 Å². The monoisotopic (exact) mass is 224 g/mol. The molecule has 82 valence electrons. The molecule has 7 nitrogen and oxygen atoms in total. The van der Waals surface area contributed by atoms with Crippen molar-refractivity contribution in [3.63, 3.8) is 0 Å². The van der Waals surface area contributed by atoms with E-state index in [0.717, 1.165) is 6.07 Å². The molecule has 0 radical (unpaired) electrons. The molecule has 0 amide bonds. The second kappa shape index (κ2) is 2.96. The number of carboxylic acid groups (broad SMARTS) is 3. The van der Waals surface area contributed by atoms with Crippen molar-refractivity contribution in [3.05, 3.63) is 22.8 Å². The topological polar surface area (TPSA) is 124 Å². The van der Waals surface area contributed by atoms with E-state index in [1.165, 1.54) is 0 Å². The highest BCUT2D eigenvalue weighted by Crippen LogP contribution is 2.50. The van der Waals surface area contributed by atoms with E-state index in [0.29, 0.717) is 0 Å². The maximum atomic E-state index is 10.8. The van der Waals surface area contributed by atoms with Crippen molar-refractivity contribution in [2.75, 3.05) is 0 Å². The summed E-state index contributed by atoms with van der Waals surface area (Å²) in [5, 5.41) is 26.4. The highest BCUT2D eigenvalue weighted by atomic mass is 16.6. The van der Waals surface area contributed by atoms with Gasteiger partial charge in [0.1, 0.15) is 5.56 Å². The number of hydrogen-bond acceptors (Lipinski definition) is 4. The van der Waals surface area contributed by atoms with Crippen LogP contribution in [0.5, 0.6) is 11.5 Å². The second-order valence-electron chi connectivity index (χ2n) is 3.02. The van der Waals surface area contributed by atoms with E-state index in [1.54, 1.807) is 0 Å². The van der Waals surface area contributed by atoms with Gasteiger partial charge in [0.2, 0.25) is 0 Å². The summed E-state index contributed by atoms with van der Waals surface area (Å²) in [5.41, 5.74) is -1.99. The van der Waals surface area contributed by atoms with E-state index in [1.807, 2.05) is 0 Å². The molecule has 1 aliphatic heterocycles. The van der Waals surface area contributed by atoms with Gasteiger partial charge in [-0.3, -0.25) is 0 Å². The zero-order valence-electron chi connectivity index (χ0n) is 7.55. The number of fused-ring (bicyclic) bond motifs is 1. The fourth-order valence-corrected chi connectivity index (χ4v) is 1.40.